The van der Waals surface area contributed by atoms with Gasteiger partial charge in [0.2, 0.25) is 0 Å². The molecule has 0 unspecified atom stereocenters. The quantitative estimate of drug-likeness (QED) is 0.671. The molecule has 86 valence electrons. The summed E-state index contributed by atoms with van der Waals surface area (Å²) in [5.41, 5.74) is -0.721. The van der Waals surface area contributed by atoms with Crippen molar-refractivity contribution < 1.29 is 9.53 Å². The number of nitrogens with zero attached hydrogens (tertiary/aromatic N) is 1. The normalized spacial score (nSPS) is 9.29. The molecule has 0 aromatic rings. The van der Waals surface area contributed by atoms with Crippen molar-refractivity contribution in [3.05, 3.63) is 0 Å². The van der Waals surface area contributed by atoms with E-state index >= 15 is 0 Å². The van der Waals surface area contributed by atoms with E-state index in [2.05, 4.69) is 30.4 Å². The van der Waals surface area contributed by atoms with Crippen LogP contribution in [0.5, 0.6) is 0 Å². The van der Waals surface area contributed by atoms with Gasteiger partial charge in [-0.2, -0.15) is 0 Å². The van der Waals surface area contributed by atoms with Crippen LogP contribution in [0.2, 0.25) is 0 Å². The molecule has 0 bridgehead atoms. The summed E-state index contributed by atoms with van der Waals surface area (Å²) in [6.45, 7) is 12.4. The summed E-state index contributed by atoms with van der Waals surface area (Å²) in [5, 5.41) is 0. The number of rotatable bonds is 5. The minimum atomic E-state index is -0.721. The van der Waals surface area contributed by atoms with Crippen LogP contribution in [0.4, 0.5) is 4.79 Å². The van der Waals surface area contributed by atoms with Gasteiger partial charge in [-0.3, -0.25) is 0 Å². The molecule has 0 heterocycles. The van der Waals surface area contributed by atoms with E-state index < -0.39 is 5.43 Å². The number of halogens is 1. The van der Waals surface area contributed by atoms with Gasteiger partial charge in [-0.15, -0.1) is 0 Å². The molecular formula is C10H22ClNO2. The standard InChI is InChI=1S/C6H15N.C4H7ClO2/c1-4-7(5-2)6-3;1-2-3-7-4(5)6/h4-6H2,1-3H3;2-3H2,1H3. The summed E-state index contributed by atoms with van der Waals surface area (Å²) >= 11 is 4.80. The van der Waals surface area contributed by atoms with Crippen molar-refractivity contribution in [3.8, 4) is 0 Å². The summed E-state index contributed by atoms with van der Waals surface area (Å²) in [4.78, 5) is 12.1. The second kappa shape index (κ2) is 12.7. The van der Waals surface area contributed by atoms with Crippen LogP contribution in [0, 0.1) is 0 Å². The molecule has 0 aliphatic carbocycles. The van der Waals surface area contributed by atoms with E-state index in [1.54, 1.807) is 0 Å². The van der Waals surface area contributed by atoms with E-state index in [9.17, 15) is 4.79 Å². The van der Waals surface area contributed by atoms with Crippen LogP contribution in [0.1, 0.15) is 34.1 Å². The van der Waals surface area contributed by atoms with E-state index in [0.717, 1.165) is 6.42 Å². The maximum Gasteiger partial charge on any atom is 0.403 e. The SMILES string of the molecule is CCCOC(=O)Cl.CCN(CC)CC. The van der Waals surface area contributed by atoms with E-state index in [-0.39, 0.29) is 0 Å². The maximum absolute atomic E-state index is 9.75. The first-order valence-electron chi connectivity index (χ1n) is 5.16. The van der Waals surface area contributed by atoms with Crippen LogP contribution < -0.4 is 0 Å². The molecule has 0 saturated heterocycles. The summed E-state index contributed by atoms with van der Waals surface area (Å²) in [5.74, 6) is 0. The first-order valence-corrected chi connectivity index (χ1v) is 5.54. The highest BCUT2D eigenvalue weighted by Gasteiger charge is 1.89. The van der Waals surface area contributed by atoms with Crippen molar-refractivity contribution in [1.29, 1.82) is 0 Å². The minimum Gasteiger partial charge on any atom is -0.454 e. The van der Waals surface area contributed by atoms with Gasteiger partial charge in [0.1, 0.15) is 0 Å². The lowest BCUT2D eigenvalue weighted by Crippen LogP contribution is -2.21. The maximum atomic E-state index is 9.75. The van der Waals surface area contributed by atoms with Gasteiger partial charge >= 0.3 is 5.43 Å². The van der Waals surface area contributed by atoms with Crippen molar-refractivity contribution in [1.82, 2.24) is 4.90 Å². The lowest BCUT2D eigenvalue weighted by molar-refractivity contribution is 0.173. The number of ether oxygens (including phenoxy) is 1. The smallest absolute Gasteiger partial charge is 0.403 e. The molecule has 3 nitrogen and oxygen atoms in total. The minimum absolute atomic E-state index is 0.419. The van der Waals surface area contributed by atoms with Gasteiger partial charge < -0.3 is 9.64 Å². The Morgan fingerprint density at radius 1 is 1.14 bits per heavy atom. The molecule has 0 spiro atoms. The zero-order valence-corrected chi connectivity index (χ0v) is 10.4. The molecule has 0 aliphatic heterocycles. The second-order valence-electron chi connectivity index (χ2n) is 2.71. The third-order valence-electron chi connectivity index (χ3n) is 1.76. The highest BCUT2D eigenvalue weighted by Crippen LogP contribution is 1.87. The highest BCUT2D eigenvalue weighted by molar-refractivity contribution is 6.61. The molecule has 0 N–H and O–H groups in total. The zero-order valence-electron chi connectivity index (χ0n) is 9.68. The van der Waals surface area contributed by atoms with Gasteiger partial charge in [0.25, 0.3) is 0 Å². The van der Waals surface area contributed by atoms with Crippen LogP contribution in [0.15, 0.2) is 0 Å². The number of hydrogen-bond acceptors (Lipinski definition) is 3. The molecule has 0 amide bonds. The Kier molecular flexibility index (Phi) is 14.7. The van der Waals surface area contributed by atoms with Crippen LogP contribution in [0.3, 0.4) is 0 Å². The lowest BCUT2D eigenvalue weighted by Gasteiger charge is -2.13. The fraction of sp³-hybridized carbons (Fsp3) is 0.900. The Morgan fingerprint density at radius 2 is 1.57 bits per heavy atom. The molecule has 0 atom stereocenters. The molecule has 0 aliphatic rings. The molecule has 4 heteroatoms. The van der Waals surface area contributed by atoms with Crippen LogP contribution in [0.25, 0.3) is 0 Å². The Balaban J connectivity index is 0. The van der Waals surface area contributed by atoms with Gasteiger partial charge in [-0.25, -0.2) is 4.79 Å². The first-order chi connectivity index (χ1) is 6.62. The van der Waals surface area contributed by atoms with E-state index in [1.165, 1.54) is 19.6 Å². The molecule has 14 heavy (non-hydrogen) atoms. The summed E-state index contributed by atoms with van der Waals surface area (Å²) in [6.07, 6.45) is 0.818. The predicted molar refractivity (Wildman–Crippen MR) is 61.0 cm³/mol. The third kappa shape index (κ3) is 14.3. The van der Waals surface area contributed by atoms with E-state index in [1.807, 2.05) is 6.92 Å². The molecular weight excluding hydrogens is 202 g/mol. The van der Waals surface area contributed by atoms with Gasteiger partial charge in [0.05, 0.1) is 6.61 Å². The summed E-state index contributed by atoms with van der Waals surface area (Å²) in [7, 11) is 0. The highest BCUT2D eigenvalue weighted by atomic mass is 35.5. The van der Waals surface area contributed by atoms with E-state index in [4.69, 9.17) is 11.6 Å². The largest absolute Gasteiger partial charge is 0.454 e. The summed E-state index contributed by atoms with van der Waals surface area (Å²) < 4.78 is 4.32. The first kappa shape index (κ1) is 16.2. The van der Waals surface area contributed by atoms with Crippen molar-refractivity contribution in [2.24, 2.45) is 0 Å². The number of hydrogen-bond donors (Lipinski definition) is 0. The molecule has 0 saturated carbocycles. The van der Waals surface area contributed by atoms with E-state index in [0.29, 0.717) is 6.61 Å². The number of carbonyl (C=O) groups is 1. The molecule has 0 aromatic carbocycles. The fourth-order valence-electron chi connectivity index (χ4n) is 0.853. The predicted octanol–water partition coefficient (Wildman–Crippen LogP) is 3.12. The molecule has 0 rings (SSSR count). The zero-order chi connectivity index (χ0) is 11.4. The Bertz CT molecular complexity index is 122. The van der Waals surface area contributed by atoms with Gasteiger partial charge in [0, 0.05) is 11.6 Å². The van der Waals surface area contributed by atoms with Crippen molar-refractivity contribution in [3.63, 3.8) is 0 Å². The van der Waals surface area contributed by atoms with Crippen molar-refractivity contribution in [2.75, 3.05) is 26.2 Å². The lowest BCUT2D eigenvalue weighted by atomic mass is 10.5. The Hall–Kier alpha value is -0.280. The Labute approximate surface area is 92.4 Å². The average molecular weight is 224 g/mol. The van der Waals surface area contributed by atoms with Crippen LogP contribution >= 0.6 is 11.6 Å². The van der Waals surface area contributed by atoms with Crippen LogP contribution in [-0.4, -0.2) is 36.6 Å². The second-order valence-corrected chi connectivity index (χ2v) is 3.01. The van der Waals surface area contributed by atoms with Gasteiger partial charge in [-0.1, -0.05) is 27.7 Å². The fourth-order valence-corrected chi connectivity index (χ4v) is 0.930. The van der Waals surface area contributed by atoms with Crippen LogP contribution in [-0.2, 0) is 4.74 Å². The number of carbonyl (C=O) groups excluding carboxylic acids is 1. The summed E-state index contributed by atoms with van der Waals surface area (Å²) in [6, 6.07) is 0. The molecule has 0 fully saturated rings. The Morgan fingerprint density at radius 3 is 1.64 bits per heavy atom. The van der Waals surface area contributed by atoms with Gasteiger partial charge in [0.15, 0.2) is 0 Å². The monoisotopic (exact) mass is 223 g/mol. The van der Waals surface area contributed by atoms with Crippen molar-refractivity contribution >= 4 is 17.0 Å². The van der Waals surface area contributed by atoms with Crippen molar-refractivity contribution in [2.45, 2.75) is 34.1 Å². The van der Waals surface area contributed by atoms with Gasteiger partial charge in [-0.05, 0) is 26.1 Å². The topological polar surface area (TPSA) is 29.5 Å². The third-order valence-corrected chi connectivity index (χ3v) is 1.87. The molecule has 0 radical (unpaired) electrons. The average Bonchev–Trinajstić information content (AvgIpc) is 2.18. The molecule has 0 aromatic heterocycles.